The quantitative estimate of drug-likeness (QED) is 0.575. The first-order chi connectivity index (χ1) is 8.29. The van der Waals surface area contributed by atoms with Gasteiger partial charge in [-0.25, -0.2) is 9.59 Å². The molecule has 1 unspecified atom stereocenters. The fourth-order valence-electron chi connectivity index (χ4n) is 1.33. The molecule has 0 aliphatic carbocycles. The zero-order chi connectivity index (χ0) is 14.3. The number of nitrogens with zero attached hydrogens (tertiary/aromatic N) is 1. The monoisotopic (exact) mass is 255 g/mol. The maximum absolute atomic E-state index is 11.2. The van der Waals surface area contributed by atoms with E-state index in [4.69, 9.17) is 5.11 Å². The van der Waals surface area contributed by atoms with E-state index in [9.17, 15) is 9.59 Å². The molecule has 0 rings (SSSR count). The van der Waals surface area contributed by atoms with E-state index in [0.29, 0.717) is 12.0 Å². The van der Waals surface area contributed by atoms with Gasteiger partial charge in [-0.15, -0.1) is 0 Å². The largest absolute Gasteiger partial charge is 0.478 e. The third-order valence-corrected chi connectivity index (χ3v) is 2.62. The third kappa shape index (κ3) is 5.63. The second kappa shape index (κ2) is 7.66. The Kier molecular flexibility index (Phi) is 6.97. The van der Waals surface area contributed by atoms with Crippen LogP contribution in [0.2, 0.25) is 0 Å². The van der Waals surface area contributed by atoms with E-state index in [2.05, 4.69) is 4.74 Å². The van der Waals surface area contributed by atoms with Gasteiger partial charge >= 0.3 is 11.9 Å². The summed E-state index contributed by atoms with van der Waals surface area (Å²) >= 11 is 0. The molecule has 0 bridgehead atoms. The first kappa shape index (κ1) is 16.4. The molecule has 0 aromatic carbocycles. The Morgan fingerprint density at radius 3 is 2.22 bits per heavy atom. The molecule has 5 heteroatoms. The van der Waals surface area contributed by atoms with Gasteiger partial charge in [0.05, 0.1) is 7.11 Å². The lowest BCUT2D eigenvalue weighted by atomic mass is 10.1. The number of rotatable bonds is 6. The molecule has 0 heterocycles. The number of carbonyl (C=O) groups is 2. The van der Waals surface area contributed by atoms with E-state index in [1.54, 1.807) is 26.0 Å². The summed E-state index contributed by atoms with van der Waals surface area (Å²) in [6.45, 7) is 3.22. The Hall–Kier alpha value is -1.62. The van der Waals surface area contributed by atoms with Crippen molar-refractivity contribution >= 4 is 11.9 Å². The average Bonchev–Trinajstić information content (AvgIpc) is 2.31. The lowest BCUT2D eigenvalue weighted by Gasteiger charge is -2.20. The Bertz CT molecular complexity index is 369. The van der Waals surface area contributed by atoms with Gasteiger partial charge in [-0.3, -0.25) is 0 Å². The summed E-state index contributed by atoms with van der Waals surface area (Å²) in [5.74, 6) is -1.30. The van der Waals surface area contributed by atoms with Crippen molar-refractivity contribution < 1.29 is 19.4 Å². The standard InChI is InChI=1S/C13H21NO4/c1-9(13(17)18-5)6-7-11(14(3)4)8-10(2)12(15)16/h6,8,11H,7H2,1-5H3,(H,15,16). The van der Waals surface area contributed by atoms with E-state index in [0.717, 1.165) is 0 Å². The zero-order valence-electron chi connectivity index (χ0n) is 11.6. The summed E-state index contributed by atoms with van der Waals surface area (Å²) in [7, 11) is 5.05. The van der Waals surface area contributed by atoms with Crippen LogP contribution in [-0.2, 0) is 14.3 Å². The smallest absolute Gasteiger partial charge is 0.333 e. The summed E-state index contributed by atoms with van der Waals surface area (Å²) in [6, 6.07) is -0.0688. The minimum atomic E-state index is -0.935. The Balaban J connectivity index is 4.81. The van der Waals surface area contributed by atoms with Crippen molar-refractivity contribution in [2.45, 2.75) is 26.3 Å². The molecule has 0 aliphatic heterocycles. The number of hydrogen-bond donors (Lipinski definition) is 1. The number of likely N-dealkylation sites (N-methyl/N-ethyl adjacent to an activating group) is 1. The van der Waals surface area contributed by atoms with Gasteiger partial charge in [0.25, 0.3) is 0 Å². The summed E-state index contributed by atoms with van der Waals surface area (Å²) in [5, 5.41) is 8.84. The van der Waals surface area contributed by atoms with Crippen LogP contribution in [0.5, 0.6) is 0 Å². The molecule has 0 aromatic heterocycles. The molecule has 102 valence electrons. The van der Waals surface area contributed by atoms with Crippen molar-refractivity contribution in [3.05, 3.63) is 23.3 Å². The zero-order valence-corrected chi connectivity index (χ0v) is 11.6. The van der Waals surface area contributed by atoms with Crippen LogP contribution >= 0.6 is 0 Å². The third-order valence-electron chi connectivity index (χ3n) is 2.62. The molecular formula is C13H21NO4. The van der Waals surface area contributed by atoms with Crippen molar-refractivity contribution in [3.63, 3.8) is 0 Å². The normalized spacial score (nSPS) is 14.6. The molecule has 0 fully saturated rings. The second-order valence-electron chi connectivity index (χ2n) is 4.30. The Labute approximate surface area is 108 Å². The number of hydrogen-bond acceptors (Lipinski definition) is 4. The lowest BCUT2D eigenvalue weighted by Crippen LogP contribution is -2.26. The fraction of sp³-hybridized carbons (Fsp3) is 0.538. The molecule has 5 nitrogen and oxygen atoms in total. The first-order valence-electron chi connectivity index (χ1n) is 5.62. The van der Waals surface area contributed by atoms with Crippen molar-refractivity contribution in [3.8, 4) is 0 Å². The molecule has 0 radical (unpaired) electrons. The summed E-state index contributed by atoms with van der Waals surface area (Å²) in [5.41, 5.74) is 0.809. The van der Waals surface area contributed by atoms with E-state index in [1.807, 2.05) is 19.0 Å². The van der Waals surface area contributed by atoms with Gasteiger partial charge in [-0.05, 0) is 34.4 Å². The number of carboxylic acids is 1. The predicted octanol–water partition coefficient (Wildman–Crippen LogP) is 1.46. The summed E-state index contributed by atoms with van der Waals surface area (Å²) in [6.07, 6.45) is 3.98. The number of carbonyl (C=O) groups excluding carboxylic acids is 1. The molecule has 1 N–H and O–H groups in total. The van der Waals surface area contributed by atoms with Crippen LogP contribution in [0.1, 0.15) is 20.3 Å². The number of methoxy groups -OCH3 is 1. The SMILES string of the molecule is COC(=O)C(C)=CCC(C=C(C)C(=O)O)N(C)C. The van der Waals surface area contributed by atoms with Crippen LogP contribution < -0.4 is 0 Å². The molecule has 0 saturated heterocycles. The van der Waals surface area contributed by atoms with Gasteiger partial charge in [0.1, 0.15) is 0 Å². The van der Waals surface area contributed by atoms with Crippen molar-refractivity contribution in [2.24, 2.45) is 0 Å². The van der Waals surface area contributed by atoms with Crippen LogP contribution in [0, 0.1) is 0 Å². The molecule has 0 amide bonds. The Morgan fingerprint density at radius 2 is 1.83 bits per heavy atom. The highest BCUT2D eigenvalue weighted by Crippen LogP contribution is 2.09. The second-order valence-corrected chi connectivity index (χ2v) is 4.30. The van der Waals surface area contributed by atoms with Gasteiger partial charge in [-0.2, -0.15) is 0 Å². The highest BCUT2D eigenvalue weighted by atomic mass is 16.5. The van der Waals surface area contributed by atoms with Gasteiger partial charge < -0.3 is 14.7 Å². The van der Waals surface area contributed by atoms with Crippen LogP contribution in [-0.4, -0.2) is 49.2 Å². The Morgan fingerprint density at radius 1 is 1.28 bits per heavy atom. The highest BCUT2D eigenvalue weighted by molar-refractivity contribution is 5.87. The number of esters is 1. The molecular weight excluding hydrogens is 234 g/mol. The first-order valence-corrected chi connectivity index (χ1v) is 5.62. The van der Waals surface area contributed by atoms with Crippen LogP contribution in [0.25, 0.3) is 0 Å². The van der Waals surface area contributed by atoms with Gasteiger partial charge in [0.15, 0.2) is 0 Å². The van der Waals surface area contributed by atoms with Gasteiger partial charge in [0.2, 0.25) is 0 Å². The van der Waals surface area contributed by atoms with E-state index < -0.39 is 5.97 Å². The minimum Gasteiger partial charge on any atom is -0.478 e. The molecule has 0 saturated carbocycles. The highest BCUT2D eigenvalue weighted by Gasteiger charge is 2.11. The van der Waals surface area contributed by atoms with Crippen LogP contribution in [0.15, 0.2) is 23.3 Å². The minimum absolute atomic E-state index is 0.0688. The maximum atomic E-state index is 11.2. The number of aliphatic carboxylic acids is 1. The number of ether oxygens (including phenoxy) is 1. The molecule has 0 aliphatic rings. The fourth-order valence-corrected chi connectivity index (χ4v) is 1.33. The van der Waals surface area contributed by atoms with Crippen LogP contribution in [0.4, 0.5) is 0 Å². The summed E-state index contributed by atoms with van der Waals surface area (Å²) in [4.78, 5) is 23.9. The molecule has 0 spiro atoms. The van der Waals surface area contributed by atoms with Crippen molar-refractivity contribution in [2.75, 3.05) is 21.2 Å². The van der Waals surface area contributed by atoms with Gasteiger partial charge in [0, 0.05) is 17.2 Å². The molecule has 18 heavy (non-hydrogen) atoms. The topological polar surface area (TPSA) is 66.8 Å². The van der Waals surface area contributed by atoms with E-state index >= 15 is 0 Å². The van der Waals surface area contributed by atoms with Crippen molar-refractivity contribution in [1.82, 2.24) is 4.90 Å². The lowest BCUT2D eigenvalue weighted by molar-refractivity contribution is -0.136. The summed E-state index contributed by atoms with van der Waals surface area (Å²) < 4.78 is 4.59. The van der Waals surface area contributed by atoms with E-state index in [1.165, 1.54) is 7.11 Å². The molecule has 0 aromatic rings. The van der Waals surface area contributed by atoms with Crippen LogP contribution in [0.3, 0.4) is 0 Å². The average molecular weight is 255 g/mol. The maximum Gasteiger partial charge on any atom is 0.333 e. The van der Waals surface area contributed by atoms with Crippen molar-refractivity contribution in [1.29, 1.82) is 0 Å². The van der Waals surface area contributed by atoms with Gasteiger partial charge in [-0.1, -0.05) is 12.2 Å². The predicted molar refractivity (Wildman–Crippen MR) is 69.3 cm³/mol. The molecule has 1 atom stereocenters. The number of carboxylic acid groups (broad SMARTS) is 1. The van der Waals surface area contributed by atoms with E-state index in [-0.39, 0.29) is 17.6 Å².